The van der Waals surface area contributed by atoms with Gasteiger partial charge >= 0.3 is 0 Å². The van der Waals surface area contributed by atoms with Gasteiger partial charge in [0.15, 0.2) is 5.69 Å². The minimum atomic E-state index is -0.299. The summed E-state index contributed by atoms with van der Waals surface area (Å²) < 4.78 is 5.45. The van der Waals surface area contributed by atoms with Crippen molar-refractivity contribution in [2.75, 3.05) is 48.9 Å². The Morgan fingerprint density at radius 3 is 2.72 bits per heavy atom. The van der Waals surface area contributed by atoms with Crippen LogP contribution in [0.4, 0.5) is 17.2 Å². The maximum atomic E-state index is 12.9. The number of fused-ring (bicyclic) bond motifs is 1. The van der Waals surface area contributed by atoms with Crippen LogP contribution in [0.2, 0.25) is 0 Å². The van der Waals surface area contributed by atoms with Crippen molar-refractivity contribution in [3.8, 4) is 11.1 Å². The average molecular weight is 429 g/mol. The molecule has 0 aliphatic carbocycles. The zero-order chi connectivity index (χ0) is 21.9. The number of benzene rings is 1. The van der Waals surface area contributed by atoms with Gasteiger partial charge in [-0.2, -0.15) is 5.10 Å². The van der Waals surface area contributed by atoms with Crippen LogP contribution < -0.4 is 15.5 Å². The Morgan fingerprint density at radius 1 is 1.06 bits per heavy atom. The first-order valence-electron chi connectivity index (χ1n) is 10.4. The molecular formula is C23H23N7O2. The molecule has 32 heavy (non-hydrogen) atoms. The summed E-state index contributed by atoms with van der Waals surface area (Å²) in [6.45, 7) is 3.13. The summed E-state index contributed by atoms with van der Waals surface area (Å²) in [5.74, 6) is 0.429. The molecule has 1 amide bonds. The van der Waals surface area contributed by atoms with E-state index >= 15 is 0 Å². The largest absolute Gasteiger partial charge is 0.378 e. The number of rotatable bonds is 5. The van der Waals surface area contributed by atoms with Crippen molar-refractivity contribution in [3.63, 3.8) is 0 Å². The van der Waals surface area contributed by atoms with Crippen LogP contribution in [0.1, 0.15) is 10.5 Å². The molecule has 0 saturated carbocycles. The van der Waals surface area contributed by atoms with Crippen LogP contribution in [0.25, 0.3) is 22.0 Å². The molecule has 5 rings (SSSR count). The second-order valence-electron chi connectivity index (χ2n) is 7.50. The number of hydrogen-bond donors (Lipinski definition) is 3. The van der Waals surface area contributed by atoms with Gasteiger partial charge in [-0.3, -0.25) is 14.9 Å². The summed E-state index contributed by atoms with van der Waals surface area (Å²) in [6.07, 6.45) is 5.31. The SMILES string of the molecule is CNc1ccc(NC(=O)c2n[nH]c3ccc(-c4cncc(N5CCOCC5)c4)cc23)cn1. The minimum Gasteiger partial charge on any atom is -0.378 e. The van der Waals surface area contributed by atoms with Gasteiger partial charge in [0, 0.05) is 37.3 Å². The first-order valence-corrected chi connectivity index (χ1v) is 10.4. The number of ether oxygens (including phenoxy) is 1. The van der Waals surface area contributed by atoms with E-state index in [1.807, 2.05) is 30.6 Å². The zero-order valence-electron chi connectivity index (χ0n) is 17.6. The summed E-state index contributed by atoms with van der Waals surface area (Å²) in [7, 11) is 1.79. The van der Waals surface area contributed by atoms with Crippen LogP contribution in [0, 0.1) is 0 Å². The third-order valence-corrected chi connectivity index (χ3v) is 5.49. The van der Waals surface area contributed by atoms with Gasteiger partial charge in [-0.05, 0) is 35.9 Å². The Bertz CT molecular complexity index is 1250. The number of carbonyl (C=O) groups is 1. The van der Waals surface area contributed by atoms with Crippen LogP contribution in [-0.4, -0.2) is 59.4 Å². The van der Waals surface area contributed by atoms with E-state index in [2.05, 4.69) is 41.8 Å². The van der Waals surface area contributed by atoms with Crippen LogP contribution in [0.5, 0.6) is 0 Å². The number of morpholine rings is 1. The molecule has 4 heterocycles. The molecule has 0 unspecified atom stereocenters. The molecule has 9 heteroatoms. The Hall–Kier alpha value is -3.98. The first kappa shape index (κ1) is 20.0. The topological polar surface area (TPSA) is 108 Å². The Kier molecular flexibility index (Phi) is 5.39. The third kappa shape index (κ3) is 3.97. The number of aromatic amines is 1. The molecule has 4 aromatic rings. The molecular weight excluding hydrogens is 406 g/mol. The van der Waals surface area contributed by atoms with E-state index in [-0.39, 0.29) is 5.91 Å². The Morgan fingerprint density at radius 2 is 1.94 bits per heavy atom. The van der Waals surface area contributed by atoms with Crippen LogP contribution >= 0.6 is 0 Å². The molecule has 0 spiro atoms. The predicted octanol–water partition coefficient (Wildman–Crippen LogP) is 3.15. The lowest BCUT2D eigenvalue weighted by Gasteiger charge is -2.28. The van der Waals surface area contributed by atoms with Gasteiger partial charge in [0.25, 0.3) is 5.91 Å². The summed E-state index contributed by atoms with van der Waals surface area (Å²) in [4.78, 5) is 23.8. The summed E-state index contributed by atoms with van der Waals surface area (Å²) in [5, 5.41) is 13.7. The van der Waals surface area contributed by atoms with Gasteiger partial charge < -0.3 is 20.3 Å². The second kappa shape index (κ2) is 8.64. The van der Waals surface area contributed by atoms with Crippen molar-refractivity contribution >= 4 is 34.0 Å². The lowest BCUT2D eigenvalue weighted by molar-refractivity contribution is 0.102. The van der Waals surface area contributed by atoms with E-state index in [1.165, 1.54) is 0 Å². The maximum absolute atomic E-state index is 12.9. The molecule has 3 N–H and O–H groups in total. The van der Waals surface area contributed by atoms with Gasteiger partial charge in [-0.1, -0.05) is 6.07 Å². The van der Waals surface area contributed by atoms with E-state index in [0.29, 0.717) is 11.4 Å². The number of nitrogens with zero attached hydrogens (tertiary/aromatic N) is 4. The molecule has 162 valence electrons. The molecule has 1 aromatic carbocycles. The van der Waals surface area contributed by atoms with Gasteiger partial charge in [-0.15, -0.1) is 0 Å². The van der Waals surface area contributed by atoms with Crippen molar-refractivity contribution in [3.05, 3.63) is 60.7 Å². The van der Waals surface area contributed by atoms with Gasteiger partial charge in [-0.25, -0.2) is 4.98 Å². The average Bonchev–Trinajstić information content (AvgIpc) is 3.29. The second-order valence-corrected chi connectivity index (χ2v) is 7.50. The van der Waals surface area contributed by atoms with Gasteiger partial charge in [0.05, 0.1) is 42.5 Å². The van der Waals surface area contributed by atoms with E-state index in [4.69, 9.17) is 4.74 Å². The van der Waals surface area contributed by atoms with Crippen LogP contribution in [0.15, 0.2) is 55.0 Å². The normalized spacial score (nSPS) is 13.8. The monoisotopic (exact) mass is 429 g/mol. The maximum Gasteiger partial charge on any atom is 0.276 e. The van der Waals surface area contributed by atoms with Crippen molar-refractivity contribution in [2.24, 2.45) is 0 Å². The lowest BCUT2D eigenvalue weighted by atomic mass is 10.0. The van der Waals surface area contributed by atoms with Crippen molar-refractivity contribution in [1.82, 2.24) is 20.2 Å². The van der Waals surface area contributed by atoms with Crippen LogP contribution in [-0.2, 0) is 4.74 Å². The number of amides is 1. The molecule has 1 aliphatic heterocycles. The fraction of sp³-hybridized carbons (Fsp3) is 0.217. The number of nitrogens with one attached hydrogen (secondary N) is 3. The van der Waals surface area contributed by atoms with Crippen LogP contribution in [0.3, 0.4) is 0 Å². The number of pyridine rings is 2. The van der Waals surface area contributed by atoms with E-state index < -0.39 is 0 Å². The standard InChI is InChI=1S/C23H23N7O2/c1-24-21-5-3-17(13-26-21)27-23(31)22-19-11-15(2-4-20(19)28-29-22)16-10-18(14-25-12-16)30-6-8-32-9-7-30/h2-5,10-14H,6-9H2,1H3,(H,24,26)(H,27,31)(H,28,29). The highest BCUT2D eigenvalue weighted by molar-refractivity contribution is 6.11. The smallest absolute Gasteiger partial charge is 0.276 e. The minimum absolute atomic E-state index is 0.299. The molecule has 3 aromatic heterocycles. The number of aromatic nitrogens is 4. The molecule has 1 fully saturated rings. The summed E-state index contributed by atoms with van der Waals surface area (Å²) in [5.41, 5.74) is 4.74. The number of H-pyrrole nitrogens is 1. The molecule has 0 atom stereocenters. The number of hydrogen-bond acceptors (Lipinski definition) is 7. The van der Waals surface area contributed by atoms with Crippen molar-refractivity contribution in [2.45, 2.75) is 0 Å². The molecule has 0 radical (unpaired) electrons. The summed E-state index contributed by atoms with van der Waals surface area (Å²) >= 11 is 0. The molecule has 0 bridgehead atoms. The predicted molar refractivity (Wildman–Crippen MR) is 124 cm³/mol. The third-order valence-electron chi connectivity index (χ3n) is 5.49. The molecule has 9 nitrogen and oxygen atoms in total. The number of carbonyl (C=O) groups excluding carboxylic acids is 1. The van der Waals surface area contributed by atoms with E-state index in [9.17, 15) is 4.79 Å². The molecule has 1 saturated heterocycles. The first-order chi connectivity index (χ1) is 15.7. The Labute approximate surface area is 184 Å². The zero-order valence-corrected chi connectivity index (χ0v) is 17.6. The van der Waals surface area contributed by atoms with Crippen molar-refractivity contribution < 1.29 is 9.53 Å². The fourth-order valence-electron chi connectivity index (χ4n) is 3.75. The van der Waals surface area contributed by atoms with Crippen molar-refractivity contribution in [1.29, 1.82) is 0 Å². The van der Waals surface area contributed by atoms with E-state index in [0.717, 1.165) is 59.8 Å². The Balaban J connectivity index is 1.43. The quantitative estimate of drug-likeness (QED) is 0.447. The summed E-state index contributed by atoms with van der Waals surface area (Å²) in [6, 6.07) is 11.6. The van der Waals surface area contributed by atoms with E-state index in [1.54, 1.807) is 25.4 Å². The highest BCUT2D eigenvalue weighted by Crippen LogP contribution is 2.28. The fourth-order valence-corrected chi connectivity index (χ4v) is 3.75. The highest BCUT2D eigenvalue weighted by Gasteiger charge is 2.17. The molecule has 1 aliphatic rings. The van der Waals surface area contributed by atoms with Gasteiger partial charge in [0.2, 0.25) is 0 Å². The highest BCUT2D eigenvalue weighted by atomic mass is 16.5. The van der Waals surface area contributed by atoms with Gasteiger partial charge in [0.1, 0.15) is 5.82 Å². The number of anilines is 3. The lowest BCUT2D eigenvalue weighted by Crippen LogP contribution is -2.36.